The molecule has 0 aliphatic heterocycles. The number of carbonyl (C=O) groups excluding carboxylic acids is 1. The summed E-state index contributed by atoms with van der Waals surface area (Å²) in [5.41, 5.74) is 2.53. The molecule has 3 rings (SSSR count). The number of carbonyl (C=O) groups is 2. The number of carboxylic acids is 1. The summed E-state index contributed by atoms with van der Waals surface area (Å²) in [5.74, 6) is -1.86. The highest BCUT2D eigenvalue weighted by molar-refractivity contribution is 5.86. The smallest absolute Gasteiger partial charge is 0.327 e. The van der Waals surface area contributed by atoms with E-state index in [1.165, 1.54) is 0 Å². The Kier molecular flexibility index (Phi) is 16.3. The molecule has 178 valence electrons. The van der Waals surface area contributed by atoms with Crippen LogP contribution in [0.5, 0.6) is 0 Å². The molecule has 4 nitrogen and oxygen atoms in total. The number of carboxylic acid groups (broad SMARTS) is 1. The monoisotopic (exact) mass is 449 g/mol. The molecule has 0 spiro atoms. The topological polar surface area (TPSA) is 66.4 Å². The average molecular weight is 450 g/mol. The molecule has 3 aromatic carbocycles. The third-order valence-electron chi connectivity index (χ3n) is 4.44. The van der Waals surface area contributed by atoms with Gasteiger partial charge in [-0.05, 0) is 16.7 Å². The quantitative estimate of drug-likeness (QED) is 0.421. The SMILES string of the molecule is CC.CC.CC.O=C(Cc1ccccc1)N[C@H](C(=O)O)C(c1ccccc1)c1ccccc1. The fourth-order valence-corrected chi connectivity index (χ4v) is 3.19. The number of hydrogen-bond donors (Lipinski definition) is 2. The predicted molar refractivity (Wildman–Crippen MR) is 138 cm³/mol. The molecule has 33 heavy (non-hydrogen) atoms. The van der Waals surface area contributed by atoms with E-state index in [2.05, 4.69) is 5.32 Å². The molecule has 0 bridgehead atoms. The first kappa shape index (κ1) is 29.6. The van der Waals surface area contributed by atoms with Gasteiger partial charge in [0, 0.05) is 5.92 Å². The van der Waals surface area contributed by atoms with Crippen molar-refractivity contribution < 1.29 is 14.7 Å². The fourth-order valence-electron chi connectivity index (χ4n) is 3.19. The highest BCUT2D eigenvalue weighted by atomic mass is 16.4. The Morgan fingerprint density at radius 3 is 1.39 bits per heavy atom. The van der Waals surface area contributed by atoms with Gasteiger partial charge in [0.2, 0.25) is 5.91 Å². The molecule has 0 aromatic heterocycles. The number of amides is 1. The molecule has 0 radical (unpaired) electrons. The van der Waals surface area contributed by atoms with Crippen LogP contribution in [0.3, 0.4) is 0 Å². The number of benzene rings is 3. The Morgan fingerprint density at radius 2 is 1.03 bits per heavy atom. The molecule has 2 N–H and O–H groups in total. The van der Waals surface area contributed by atoms with Gasteiger partial charge >= 0.3 is 5.97 Å². The normalized spacial score (nSPS) is 10.2. The lowest BCUT2D eigenvalue weighted by molar-refractivity contribution is -0.142. The van der Waals surface area contributed by atoms with Crippen molar-refractivity contribution in [3.05, 3.63) is 108 Å². The van der Waals surface area contributed by atoms with E-state index in [1.807, 2.05) is 133 Å². The van der Waals surface area contributed by atoms with E-state index >= 15 is 0 Å². The summed E-state index contributed by atoms with van der Waals surface area (Å²) in [6, 6.07) is 27.0. The Labute approximate surface area is 199 Å². The molecule has 0 saturated heterocycles. The van der Waals surface area contributed by atoms with Crippen molar-refractivity contribution in [3.63, 3.8) is 0 Å². The van der Waals surface area contributed by atoms with Crippen molar-refractivity contribution in [3.8, 4) is 0 Å². The molecule has 1 atom stereocenters. The lowest BCUT2D eigenvalue weighted by Crippen LogP contribution is -2.45. The Hall–Kier alpha value is -3.40. The molecule has 0 fully saturated rings. The van der Waals surface area contributed by atoms with Crippen molar-refractivity contribution in [2.24, 2.45) is 0 Å². The van der Waals surface area contributed by atoms with Gasteiger partial charge < -0.3 is 10.4 Å². The number of nitrogens with one attached hydrogen (secondary N) is 1. The second kappa shape index (κ2) is 18.2. The molecule has 1 amide bonds. The average Bonchev–Trinajstić information content (AvgIpc) is 2.89. The standard InChI is InChI=1S/C23H21NO3.3C2H6/c25-20(16-17-10-4-1-5-11-17)24-22(23(26)27)21(18-12-6-2-7-13-18)19-14-8-3-9-15-19;3*1-2/h1-15,21-22H,16H2,(H,24,25)(H,26,27);3*1-2H3/t22-;;;/m0.../s1. The first-order chi connectivity index (χ1) is 16.1. The van der Waals surface area contributed by atoms with Gasteiger partial charge in [-0.1, -0.05) is 133 Å². The summed E-state index contributed by atoms with van der Waals surface area (Å²) in [5, 5.41) is 12.6. The zero-order valence-corrected chi connectivity index (χ0v) is 20.8. The molecule has 3 aromatic rings. The van der Waals surface area contributed by atoms with Crippen LogP contribution < -0.4 is 5.32 Å². The van der Waals surface area contributed by atoms with Gasteiger partial charge in [-0.25, -0.2) is 4.79 Å². The van der Waals surface area contributed by atoms with E-state index < -0.39 is 17.9 Å². The van der Waals surface area contributed by atoms with Crippen LogP contribution in [0.15, 0.2) is 91.0 Å². The second-order valence-corrected chi connectivity index (χ2v) is 6.34. The van der Waals surface area contributed by atoms with Gasteiger partial charge in [-0.2, -0.15) is 0 Å². The van der Waals surface area contributed by atoms with Crippen molar-refractivity contribution in [2.45, 2.75) is 59.9 Å². The first-order valence-corrected chi connectivity index (χ1v) is 11.8. The van der Waals surface area contributed by atoms with E-state index in [9.17, 15) is 14.7 Å². The molecule has 4 heteroatoms. The molecule has 0 aliphatic rings. The van der Waals surface area contributed by atoms with Gasteiger partial charge in [0.15, 0.2) is 0 Å². The summed E-state index contributed by atoms with van der Waals surface area (Å²) >= 11 is 0. The summed E-state index contributed by atoms with van der Waals surface area (Å²) < 4.78 is 0. The second-order valence-electron chi connectivity index (χ2n) is 6.34. The van der Waals surface area contributed by atoms with Crippen LogP contribution in [-0.4, -0.2) is 23.0 Å². The van der Waals surface area contributed by atoms with Crippen LogP contribution >= 0.6 is 0 Å². The van der Waals surface area contributed by atoms with Crippen molar-refractivity contribution in [2.75, 3.05) is 0 Å². The zero-order chi connectivity index (χ0) is 25.1. The largest absolute Gasteiger partial charge is 0.480 e. The van der Waals surface area contributed by atoms with E-state index in [-0.39, 0.29) is 12.3 Å². The maximum atomic E-state index is 12.5. The molecular formula is C29H39NO3. The van der Waals surface area contributed by atoms with Crippen LogP contribution in [0.4, 0.5) is 0 Å². The number of hydrogen-bond acceptors (Lipinski definition) is 2. The van der Waals surface area contributed by atoms with Crippen molar-refractivity contribution in [1.29, 1.82) is 0 Å². The summed E-state index contributed by atoms with van der Waals surface area (Å²) in [7, 11) is 0. The molecule has 0 unspecified atom stereocenters. The molecule has 0 saturated carbocycles. The van der Waals surface area contributed by atoms with Crippen molar-refractivity contribution in [1.82, 2.24) is 5.32 Å². The van der Waals surface area contributed by atoms with Crippen LogP contribution in [0.1, 0.15) is 64.2 Å². The van der Waals surface area contributed by atoms with Crippen LogP contribution in [-0.2, 0) is 16.0 Å². The van der Waals surface area contributed by atoms with E-state index in [1.54, 1.807) is 0 Å². The third-order valence-corrected chi connectivity index (χ3v) is 4.44. The number of rotatable bonds is 7. The number of aliphatic carboxylic acids is 1. The van der Waals surface area contributed by atoms with Crippen LogP contribution in [0.2, 0.25) is 0 Å². The third kappa shape index (κ3) is 10.2. The minimum Gasteiger partial charge on any atom is -0.480 e. The molecular weight excluding hydrogens is 410 g/mol. The lowest BCUT2D eigenvalue weighted by Gasteiger charge is -2.26. The Morgan fingerprint density at radius 1 is 0.667 bits per heavy atom. The van der Waals surface area contributed by atoms with Crippen molar-refractivity contribution >= 4 is 11.9 Å². The van der Waals surface area contributed by atoms with Gasteiger partial charge in [0.1, 0.15) is 6.04 Å². The maximum Gasteiger partial charge on any atom is 0.327 e. The molecule has 0 aliphatic carbocycles. The van der Waals surface area contributed by atoms with E-state index in [4.69, 9.17) is 0 Å². The zero-order valence-electron chi connectivity index (χ0n) is 20.8. The van der Waals surface area contributed by atoms with Gasteiger partial charge in [0.05, 0.1) is 6.42 Å². The van der Waals surface area contributed by atoms with Gasteiger partial charge in [-0.15, -0.1) is 0 Å². The highest BCUT2D eigenvalue weighted by Gasteiger charge is 2.32. The summed E-state index contributed by atoms with van der Waals surface area (Å²) in [4.78, 5) is 24.6. The first-order valence-electron chi connectivity index (χ1n) is 11.8. The van der Waals surface area contributed by atoms with Gasteiger partial charge in [0.25, 0.3) is 0 Å². The fraction of sp³-hybridized carbons (Fsp3) is 0.310. The van der Waals surface area contributed by atoms with E-state index in [0.717, 1.165) is 16.7 Å². The molecule has 0 heterocycles. The minimum absolute atomic E-state index is 0.140. The van der Waals surface area contributed by atoms with E-state index in [0.29, 0.717) is 0 Å². The Bertz CT molecular complexity index is 841. The van der Waals surface area contributed by atoms with Crippen LogP contribution in [0, 0.1) is 0 Å². The highest BCUT2D eigenvalue weighted by Crippen LogP contribution is 2.28. The summed E-state index contributed by atoms with van der Waals surface area (Å²) in [6.07, 6.45) is 0.140. The summed E-state index contributed by atoms with van der Waals surface area (Å²) in [6.45, 7) is 12.0. The van der Waals surface area contributed by atoms with Gasteiger partial charge in [-0.3, -0.25) is 4.79 Å². The lowest BCUT2D eigenvalue weighted by atomic mass is 9.85. The maximum absolute atomic E-state index is 12.5. The Balaban J connectivity index is 0.00000158. The minimum atomic E-state index is -1.06. The predicted octanol–water partition coefficient (Wildman–Crippen LogP) is 6.71. The van der Waals surface area contributed by atoms with Crippen LogP contribution in [0.25, 0.3) is 0 Å².